The van der Waals surface area contributed by atoms with Gasteiger partial charge in [-0.25, -0.2) is 0 Å². The van der Waals surface area contributed by atoms with Gasteiger partial charge >= 0.3 is 15.0 Å². The van der Waals surface area contributed by atoms with Crippen LogP contribution in [0.4, 0.5) is 13.2 Å². The van der Waals surface area contributed by atoms with E-state index in [4.69, 9.17) is 13.3 Å². The summed E-state index contributed by atoms with van der Waals surface area (Å²) in [6, 6.07) is 12.3. The molecule has 0 bridgehead atoms. The summed E-state index contributed by atoms with van der Waals surface area (Å²) >= 11 is 0. The molecule has 7 heteroatoms. The molecule has 0 radical (unpaired) electrons. The van der Waals surface area contributed by atoms with Crippen molar-refractivity contribution in [3.63, 3.8) is 0 Å². The van der Waals surface area contributed by atoms with Crippen molar-refractivity contribution in [1.29, 1.82) is 0 Å². The summed E-state index contributed by atoms with van der Waals surface area (Å²) < 4.78 is 55.6. The lowest BCUT2D eigenvalue weighted by molar-refractivity contribution is -0.137. The molecule has 0 heterocycles. The van der Waals surface area contributed by atoms with Crippen LogP contribution in [-0.2, 0) is 19.5 Å². The van der Waals surface area contributed by atoms with Gasteiger partial charge in [0.25, 0.3) is 0 Å². The fourth-order valence-electron chi connectivity index (χ4n) is 2.54. The highest BCUT2D eigenvalue weighted by atomic mass is 28.4. The molecule has 0 atom stereocenters. The maximum atomic E-state index is 12.9. The van der Waals surface area contributed by atoms with Gasteiger partial charge in [0.2, 0.25) is 0 Å². The zero-order chi connectivity index (χ0) is 18.7. The minimum absolute atomic E-state index is 0.0882. The minimum atomic E-state index is -4.37. The summed E-state index contributed by atoms with van der Waals surface area (Å²) in [5.74, 6) is 0. The van der Waals surface area contributed by atoms with Crippen molar-refractivity contribution in [3.8, 4) is 11.1 Å². The van der Waals surface area contributed by atoms with Crippen LogP contribution in [0.1, 0.15) is 19.4 Å². The Hall–Kier alpha value is -1.67. The van der Waals surface area contributed by atoms with Gasteiger partial charge < -0.3 is 13.3 Å². The van der Waals surface area contributed by atoms with E-state index < -0.39 is 20.5 Å². The first-order valence-corrected chi connectivity index (χ1v) is 9.50. The number of rotatable bonds is 6. The van der Waals surface area contributed by atoms with Gasteiger partial charge in [-0.05, 0) is 37.1 Å². The molecule has 0 saturated heterocycles. The second-order valence-corrected chi connectivity index (χ2v) is 8.53. The molecule has 0 aliphatic carbocycles. The molecule has 2 aromatic carbocycles. The zero-order valence-corrected chi connectivity index (χ0v) is 15.6. The molecule has 0 aliphatic rings. The van der Waals surface area contributed by atoms with E-state index in [1.807, 2.05) is 13.8 Å². The van der Waals surface area contributed by atoms with Crippen molar-refractivity contribution in [1.82, 2.24) is 0 Å². The first kappa shape index (κ1) is 19.6. The average Bonchev–Trinajstić information content (AvgIpc) is 2.59. The van der Waals surface area contributed by atoms with Crippen molar-refractivity contribution in [2.45, 2.75) is 26.1 Å². The molecule has 0 spiro atoms. The molecular weight excluding hydrogens is 349 g/mol. The highest BCUT2D eigenvalue weighted by molar-refractivity contribution is 6.75. The van der Waals surface area contributed by atoms with Gasteiger partial charge in [-0.3, -0.25) is 0 Å². The Morgan fingerprint density at radius 1 is 0.880 bits per heavy atom. The van der Waals surface area contributed by atoms with Crippen LogP contribution in [0.25, 0.3) is 11.1 Å². The van der Waals surface area contributed by atoms with Crippen LogP contribution < -0.4 is 5.19 Å². The van der Waals surface area contributed by atoms with E-state index in [9.17, 15) is 13.2 Å². The van der Waals surface area contributed by atoms with Crippen molar-refractivity contribution < 1.29 is 26.4 Å². The standard InChI is InChI=1S/C18H21F3O3Si/c1-13(2)24-25(22-3,23-4)17-10-8-14(9-11-17)15-6-5-7-16(12-15)18(19,20)21/h5-13H,1-4H3. The van der Waals surface area contributed by atoms with Crippen LogP contribution in [-0.4, -0.2) is 29.1 Å². The molecule has 0 fully saturated rings. The fourth-order valence-corrected chi connectivity index (χ4v) is 4.70. The van der Waals surface area contributed by atoms with Crippen LogP contribution in [0.5, 0.6) is 0 Å². The number of hydrogen-bond donors (Lipinski definition) is 0. The molecular formula is C18H21F3O3Si. The normalized spacial score (nSPS) is 12.6. The van der Waals surface area contributed by atoms with E-state index in [1.165, 1.54) is 20.3 Å². The summed E-state index contributed by atoms with van der Waals surface area (Å²) in [6.07, 6.45) is -4.45. The lowest BCUT2D eigenvalue weighted by Gasteiger charge is -2.28. The van der Waals surface area contributed by atoms with Crippen LogP contribution in [0.3, 0.4) is 0 Å². The third-order valence-corrected chi connectivity index (χ3v) is 6.59. The third kappa shape index (κ3) is 4.49. The van der Waals surface area contributed by atoms with E-state index in [2.05, 4.69) is 0 Å². The third-order valence-electron chi connectivity index (χ3n) is 3.69. The first-order chi connectivity index (χ1) is 11.7. The van der Waals surface area contributed by atoms with E-state index in [0.717, 1.165) is 17.3 Å². The monoisotopic (exact) mass is 370 g/mol. The van der Waals surface area contributed by atoms with E-state index in [-0.39, 0.29) is 6.10 Å². The lowest BCUT2D eigenvalue weighted by atomic mass is 10.0. The topological polar surface area (TPSA) is 27.7 Å². The summed E-state index contributed by atoms with van der Waals surface area (Å²) in [6.45, 7) is 3.77. The lowest BCUT2D eigenvalue weighted by Crippen LogP contribution is -2.56. The summed E-state index contributed by atoms with van der Waals surface area (Å²) in [7, 11) is 0.0259. The molecule has 2 aromatic rings. The predicted molar refractivity (Wildman–Crippen MR) is 92.5 cm³/mol. The smallest absolute Gasteiger partial charge is 0.373 e. The molecule has 2 rings (SSSR count). The van der Waals surface area contributed by atoms with Crippen LogP contribution in [0, 0.1) is 0 Å². The molecule has 0 unspecified atom stereocenters. The molecule has 0 aromatic heterocycles. The Morgan fingerprint density at radius 3 is 1.96 bits per heavy atom. The molecule has 0 saturated carbocycles. The van der Waals surface area contributed by atoms with Crippen molar-refractivity contribution in [3.05, 3.63) is 54.1 Å². The Labute approximate surface area is 146 Å². The van der Waals surface area contributed by atoms with Gasteiger partial charge in [0.15, 0.2) is 0 Å². The largest absolute Gasteiger partial charge is 0.536 e. The predicted octanol–water partition coefficient (Wildman–Crippen LogP) is 4.24. The quantitative estimate of drug-likeness (QED) is 0.712. The molecule has 0 amide bonds. The Morgan fingerprint density at radius 2 is 1.48 bits per heavy atom. The molecule has 25 heavy (non-hydrogen) atoms. The Kier molecular flexibility index (Phi) is 6.05. The van der Waals surface area contributed by atoms with Gasteiger partial charge in [0, 0.05) is 25.5 Å². The van der Waals surface area contributed by atoms with Crippen molar-refractivity contribution >= 4 is 14.0 Å². The number of alkyl halides is 3. The average molecular weight is 370 g/mol. The second-order valence-electron chi connectivity index (χ2n) is 5.79. The minimum Gasteiger partial charge on any atom is -0.373 e. The summed E-state index contributed by atoms with van der Waals surface area (Å²) in [5.41, 5.74) is 0.498. The van der Waals surface area contributed by atoms with Crippen LogP contribution >= 0.6 is 0 Å². The van der Waals surface area contributed by atoms with E-state index in [0.29, 0.717) is 11.1 Å². The van der Waals surface area contributed by atoms with Gasteiger partial charge in [-0.2, -0.15) is 13.2 Å². The van der Waals surface area contributed by atoms with Gasteiger partial charge in [-0.15, -0.1) is 0 Å². The highest BCUT2D eigenvalue weighted by Crippen LogP contribution is 2.32. The SMILES string of the molecule is CO[Si](OC)(OC(C)C)c1ccc(-c2cccc(C(F)(F)F)c2)cc1. The van der Waals surface area contributed by atoms with Gasteiger partial charge in [0.05, 0.1) is 5.56 Å². The number of benzene rings is 2. The number of hydrogen-bond acceptors (Lipinski definition) is 3. The van der Waals surface area contributed by atoms with Crippen LogP contribution in [0.2, 0.25) is 0 Å². The van der Waals surface area contributed by atoms with Gasteiger partial charge in [-0.1, -0.05) is 36.4 Å². The Balaban J connectivity index is 2.36. The highest BCUT2D eigenvalue weighted by Gasteiger charge is 2.42. The molecule has 0 N–H and O–H groups in total. The maximum Gasteiger partial charge on any atom is 0.536 e. The van der Waals surface area contributed by atoms with Crippen molar-refractivity contribution in [2.75, 3.05) is 14.2 Å². The van der Waals surface area contributed by atoms with Crippen molar-refractivity contribution in [2.24, 2.45) is 0 Å². The molecule has 136 valence electrons. The summed E-state index contributed by atoms with van der Waals surface area (Å²) in [4.78, 5) is 0. The van der Waals surface area contributed by atoms with E-state index >= 15 is 0 Å². The Bertz CT molecular complexity index is 695. The second kappa shape index (κ2) is 7.70. The molecule has 3 nitrogen and oxygen atoms in total. The first-order valence-electron chi connectivity index (χ1n) is 7.78. The fraction of sp³-hybridized carbons (Fsp3) is 0.333. The summed E-state index contributed by atoms with van der Waals surface area (Å²) in [5, 5.41) is 0.752. The maximum absolute atomic E-state index is 12.9. The molecule has 0 aliphatic heterocycles. The van der Waals surface area contributed by atoms with Gasteiger partial charge in [0.1, 0.15) is 0 Å². The van der Waals surface area contributed by atoms with Crippen LogP contribution in [0.15, 0.2) is 48.5 Å². The zero-order valence-electron chi connectivity index (χ0n) is 14.6. The number of halogens is 3. The van der Waals surface area contributed by atoms with E-state index in [1.54, 1.807) is 30.3 Å².